The van der Waals surface area contributed by atoms with Crippen molar-refractivity contribution in [3.8, 4) is 0 Å². The molecule has 2 aliphatic rings. The van der Waals surface area contributed by atoms with Crippen molar-refractivity contribution in [1.29, 1.82) is 0 Å². The molecule has 0 saturated carbocycles. The molecular formula is C24H26N10. The number of rotatable bonds is 6. The molecule has 0 aliphatic carbocycles. The van der Waals surface area contributed by atoms with Gasteiger partial charge in [0.1, 0.15) is 5.82 Å². The lowest BCUT2D eigenvalue weighted by atomic mass is 10.1. The van der Waals surface area contributed by atoms with Crippen LogP contribution in [-0.4, -0.2) is 51.0 Å². The first kappa shape index (κ1) is 20.6. The number of nitrogens with one attached hydrogen (secondary N) is 4. The second-order valence-corrected chi connectivity index (χ2v) is 8.73. The molecule has 0 radical (unpaired) electrons. The number of fused-ring (bicyclic) bond motifs is 2. The summed E-state index contributed by atoms with van der Waals surface area (Å²) < 4.78 is 0. The molecule has 0 spiro atoms. The van der Waals surface area contributed by atoms with Gasteiger partial charge < -0.3 is 15.5 Å². The number of hydrazine groups is 2. The van der Waals surface area contributed by atoms with Crippen LogP contribution >= 0.6 is 0 Å². The molecule has 0 unspecified atom stereocenters. The molecule has 1 atom stereocenters. The summed E-state index contributed by atoms with van der Waals surface area (Å²) in [5, 5.41) is 9.94. The van der Waals surface area contributed by atoms with Crippen LogP contribution in [-0.2, 0) is 6.54 Å². The lowest BCUT2D eigenvalue weighted by Crippen LogP contribution is -2.35. The van der Waals surface area contributed by atoms with Crippen LogP contribution in [0.5, 0.6) is 0 Å². The first-order chi connectivity index (χ1) is 16.7. The third kappa shape index (κ3) is 4.28. The van der Waals surface area contributed by atoms with E-state index in [2.05, 4.69) is 66.7 Å². The van der Waals surface area contributed by atoms with Crippen molar-refractivity contribution in [2.75, 3.05) is 41.2 Å². The largest absolute Gasteiger partial charge is 0.366 e. The van der Waals surface area contributed by atoms with Gasteiger partial charge in [-0.25, -0.2) is 15.0 Å². The number of anilines is 5. The van der Waals surface area contributed by atoms with E-state index < -0.39 is 0 Å². The second-order valence-electron chi connectivity index (χ2n) is 8.73. The number of likely N-dealkylation sites (tertiary alicyclic amines) is 1. The van der Waals surface area contributed by atoms with Crippen molar-refractivity contribution in [2.24, 2.45) is 0 Å². The Bertz CT molecular complexity index is 1330. The molecule has 34 heavy (non-hydrogen) atoms. The average molecular weight is 455 g/mol. The van der Waals surface area contributed by atoms with Crippen LogP contribution in [0.1, 0.15) is 12.0 Å². The van der Waals surface area contributed by atoms with E-state index in [-0.39, 0.29) is 0 Å². The fraction of sp³-hybridized carbons (Fsp3) is 0.250. The van der Waals surface area contributed by atoms with E-state index >= 15 is 0 Å². The van der Waals surface area contributed by atoms with Gasteiger partial charge in [0, 0.05) is 42.1 Å². The lowest BCUT2D eigenvalue weighted by Gasteiger charge is -2.17. The molecule has 1 saturated heterocycles. The summed E-state index contributed by atoms with van der Waals surface area (Å²) in [5.74, 6) is 2.94. The zero-order valence-corrected chi connectivity index (χ0v) is 18.9. The summed E-state index contributed by atoms with van der Waals surface area (Å²) in [6, 6.07) is 14.6. The minimum absolute atomic E-state index is 0.420. The van der Waals surface area contributed by atoms with Gasteiger partial charge in [0.15, 0.2) is 17.5 Å². The molecular weight excluding hydrogens is 428 g/mol. The monoisotopic (exact) mass is 454 g/mol. The van der Waals surface area contributed by atoms with Gasteiger partial charge in [0.05, 0.1) is 18.3 Å². The van der Waals surface area contributed by atoms with Crippen LogP contribution in [0, 0.1) is 0 Å². The van der Waals surface area contributed by atoms with E-state index in [1.807, 2.05) is 35.5 Å². The standard InChI is InChI=1S/C24H26N10/c1-33-10-7-19(15-33)29-21-12-18(6-9-26-21)28-22-13-27-23-24(30-22)34(32-31-23)14-16-4-5-20-17(11-16)3-2-8-25-20/h2-6,8-9,11-13,19,32H,7,10,14-15H2,1H3,(H,27,31)(H2,26,28,29,30)/t19-/m0/s1. The van der Waals surface area contributed by atoms with Crippen LogP contribution in [0.3, 0.4) is 0 Å². The molecule has 1 aromatic carbocycles. The highest BCUT2D eigenvalue weighted by Gasteiger charge is 2.23. The molecule has 3 aromatic heterocycles. The highest BCUT2D eigenvalue weighted by Crippen LogP contribution is 2.29. The molecule has 1 fully saturated rings. The number of hydrogen-bond donors (Lipinski definition) is 4. The van der Waals surface area contributed by atoms with E-state index in [4.69, 9.17) is 4.98 Å². The third-order valence-corrected chi connectivity index (χ3v) is 6.10. The number of likely N-dealkylation sites (N-methyl/N-ethyl adjacent to an activating group) is 1. The van der Waals surface area contributed by atoms with E-state index in [1.165, 1.54) is 0 Å². The number of hydrogen-bond acceptors (Lipinski definition) is 10. The number of aromatic nitrogens is 4. The Labute approximate surface area is 197 Å². The van der Waals surface area contributed by atoms with Crippen molar-refractivity contribution in [1.82, 2.24) is 30.4 Å². The van der Waals surface area contributed by atoms with E-state index in [0.29, 0.717) is 24.2 Å². The molecule has 0 bridgehead atoms. The van der Waals surface area contributed by atoms with Crippen molar-refractivity contribution >= 4 is 39.9 Å². The van der Waals surface area contributed by atoms with Crippen LogP contribution in [0.2, 0.25) is 0 Å². The molecule has 0 amide bonds. The molecule has 6 rings (SSSR count). The summed E-state index contributed by atoms with van der Waals surface area (Å²) in [4.78, 5) is 20.5. The summed E-state index contributed by atoms with van der Waals surface area (Å²) in [6.45, 7) is 2.76. The minimum atomic E-state index is 0.420. The Kier molecular flexibility index (Phi) is 5.28. The zero-order valence-electron chi connectivity index (χ0n) is 18.9. The lowest BCUT2D eigenvalue weighted by molar-refractivity contribution is 0.414. The SMILES string of the molecule is CN1CC[C@H](Nc2cc(Nc3cnc4c(n3)N(Cc3ccc5ncccc5c3)NN4)ccn2)C1. The van der Waals surface area contributed by atoms with Gasteiger partial charge in [-0.15, -0.1) is 5.53 Å². The van der Waals surface area contributed by atoms with Crippen molar-refractivity contribution in [3.63, 3.8) is 0 Å². The van der Waals surface area contributed by atoms with Gasteiger partial charge in [-0.1, -0.05) is 12.1 Å². The molecule has 4 aromatic rings. The summed E-state index contributed by atoms with van der Waals surface area (Å²) in [7, 11) is 2.14. The maximum Gasteiger partial charge on any atom is 0.191 e. The topological polar surface area (TPSA) is 106 Å². The van der Waals surface area contributed by atoms with Gasteiger partial charge >= 0.3 is 0 Å². The predicted molar refractivity (Wildman–Crippen MR) is 134 cm³/mol. The first-order valence-electron chi connectivity index (χ1n) is 11.4. The number of pyridine rings is 2. The maximum absolute atomic E-state index is 4.80. The second kappa shape index (κ2) is 8.73. The summed E-state index contributed by atoms with van der Waals surface area (Å²) in [6.07, 6.45) is 6.45. The van der Waals surface area contributed by atoms with Gasteiger partial charge in [0.25, 0.3) is 0 Å². The molecule has 10 heteroatoms. The first-order valence-corrected chi connectivity index (χ1v) is 11.4. The third-order valence-electron chi connectivity index (χ3n) is 6.10. The predicted octanol–water partition coefficient (Wildman–Crippen LogP) is 3.13. The fourth-order valence-electron chi connectivity index (χ4n) is 4.41. The van der Waals surface area contributed by atoms with Gasteiger partial charge in [-0.05, 0) is 49.8 Å². The molecule has 10 nitrogen and oxygen atoms in total. The number of nitrogens with zero attached hydrogens (tertiary/aromatic N) is 6. The van der Waals surface area contributed by atoms with Gasteiger partial charge in [0.2, 0.25) is 0 Å². The highest BCUT2D eigenvalue weighted by atomic mass is 15.7. The quantitative estimate of drug-likeness (QED) is 0.347. The summed E-state index contributed by atoms with van der Waals surface area (Å²) >= 11 is 0. The average Bonchev–Trinajstić information content (AvgIpc) is 3.44. The van der Waals surface area contributed by atoms with Gasteiger partial charge in [-0.2, -0.15) is 0 Å². The molecule has 5 heterocycles. The van der Waals surface area contributed by atoms with E-state index in [9.17, 15) is 0 Å². The Hall–Kier alpha value is -4.02. The Morgan fingerprint density at radius 1 is 1.06 bits per heavy atom. The summed E-state index contributed by atoms with van der Waals surface area (Å²) in [5.41, 5.74) is 9.28. The van der Waals surface area contributed by atoms with Crippen molar-refractivity contribution in [3.05, 3.63) is 66.6 Å². The van der Waals surface area contributed by atoms with Crippen molar-refractivity contribution in [2.45, 2.75) is 19.0 Å². The van der Waals surface area contributed by atoms with Crippen LogP contribution in [0.4, 0.5) is 29.0 Å². The van der Waals surface area contributed by atoms with E-state index in [1.54, 1.807) is 12.4 Å². The van der Waals surface area contributed by atoms with Gasteiger partial charge in [-0.3, -0.25) is 15.4 Å². The van der Waals surface area contributed by atoms with E-state index in [0.717, 1.165) is 53.3 Å². The highest BCUT2D eigenvalue weighted by molar-refractivity contribution is 5.79. The van der Waals surface area contributed by atoms with Crippen molar-refractivity contribution < 1.29 is 0 Å². The Balaban J connectivity index is 1.17. The smallest absolute Gasteiger partial charge is 0.191 e. The van der Waals surface area contributed by atoms with Crippen LogP contribution < -0.4 is 26.6 Å². The zero-order chi connectivity index (χ0) is 22.9. The van der Waals surface area contributed by atoms with Crippen LogP contribution in [0.25, 0.3) is 10.9 Å². The number of benzene rings is 1. The maximum atomic E-state index is 4.80. The van der Waals surface area contributed by atoms with Crippen LogP contribution in [0.15, 0.2) is 61.1 Å². The minimum Gasteiger partial charge on any atom is -0.366 e. The normalized spacial score (nSPS) is 17.6. The molecule has 4 N–H and O–H groups in total. The fourth-order valence-corrected chi connectivity index (χ4v) is 4.41. The molecule has 172 valence electrons. The Morgan fingerprint density at radius 2 is 2.03 bits per heavy atom. The molecule has 2 aliphatic heterocycles. The Morgan fingerprint density at radius 3 is 2.94 bits per heavy atom.